The first-order valence-electron chi connectivity index (χ1n) is 8.77. The number of furan rings is 1. The molecule has 0 amide bonds. The molecule has 0 aliphatic carbocycles. The van der Waals surface area contributed by atoms with E-state index in [-0.39, 0.29) is 6.10 Å². The minimum atomic E-state index is 0.214. The van der Waals surface area contributed by atoms with Crippen LogP contribution in [0.25, 0.3) is 0 Å². The highest BCUT2D eigenvalue weighted by Crippen LogP contribution is 2.32. The molecule has 2 fully saturated rings. The first-order valence-corrected chi connectivity index (χ1v) is 8.77. The molecule has 2 aromatic rings. The lowest BCUT2D eigenvalue weighted by Gasteiger charge is -2.35. The third-order valence-electron chi connectivity index (χ3n) is 4.98. The molecule has 4 rings (SSSR count). The SMILES string of the molecule is c1cncc(COCC2CC[C@H]3[C@H](CCN3Cc3ccco3)O2)c1. The van der Waals surface area contributed by atoms with E-state index in [2.05, 4.69) is 9.88 Å². The molecule has 2 aromatic heterocycles. The molecule has 4 heterocycles. The lowest BCUT2D eigenvalue weighted by Crippen LogP contribution is -2.43. The molecule has 0 bridgehead atoms. The monoisotopic (exact) mass is 328 g/mol. The molecule has 2 aliphatic heterocycles. The van der Waals surface area contributed by atoms with Gasteiger partial charge in [-0.05, 0) is 43.0 Å². The van der Waals surface area contributed by atoms with E-state index in [0.717, 1.165) is 37.3 Å². The average Bonchev–Trinajstić information content (AvgIpc) is 3.26. The smallest absolute Gasteiger partial charge is 0.117 e. The van der Waals surface area contributed by atoms with E-state index in [1.165, 1.54) is 6.42 Å². The minimum Gasteiger partial charge on any atom is -0.468 e. The van der Waals surface area contributed by atoms with Gasteiger partial charge in [0.2, 0.25) is 0 Å². The van der Waals surface area contributed by atoms with Crippen molar-refractivity contribution in [1.29, 1.82) is 0 Å². The fraction of sp³-hybridized carbons (Fsp3) is 0.526. The highest BCUT2D eigenvalue weighted by atomic mass is 16.5. The summed E-state index contributed by atoms with van der Waals surface area (Å²) in [5, 5.41) is 0. The Hall–Kier alpha value is -1.69. The zero-order valence-electron chi connectivity index (χ0n) is 13.8. The van der Waals surface area contributed by atoms with Crippen LogP contribution < -0.4 is 0 Å². The highest BCUT2D eigenvalue weighted by Gasteiger charge is 2.39. The van der Waals surface area contributed by atoms with Gasteiger partial charge in [0, 0.05) is 25.0 Å². The summed E-state index contributed by atoms with van der Waals surface area (Å²) < 4.78 is 17.6. The maximum Gasteiger partial charge on any atom is 0.117 e. The summed E-state index contributed by atoms with van der Waals surface area (Å²) in [6, 6.07) is 8.49. The fourth-order valence-electron chi connectivity index (χ4n) is 3.80. The van der Waals surface area contributed by atoms with Crippen LogP contribution in [0.1, 0.15) is 30.6 Å². The van der Waals surface area contributed by atoms with Gasteiger partial charge < -0.3 is 13.9 Å². The number of aromatic nitrogens is 1. The number of hydrogen-bond acceptors (Lipinski definition) is 5. The van der Waals surface area contributed by atoms with Crippen molar-refractivity contribution in [3.63, 3.8) is 0 Å². The van der Waals surface area contributed by atoms with E-state index in [1.54, 1.807) is 12.5 Å². The van der Waals surface area contributed by atoms with Gasteiger partial charge in [-0.15, -0.1) is 0 Å². The minimum absolute atomic E-state index is 0.214. The van der Waals surface area contributed by atoms with Crippen LogP contribution in [0.15, 0.2) is 47.3 Å². The molecule has 0 aromatic carbocycles. The number of rotatable bonds is 6. The summed E-state index contributed by atoms with van der Waals surface area (Å²) in [5.41, 5.74) is 1.11. The van der Waals surface area contributed by atoms with E-state index in [9.17, 15) is 0 Å². The molecular formula is C19H24N2O3. The van der Waals surface area contributed by atoms with Crippen LogP contribution in [0.2, 0.25) is 0 Å². The van der Waals surface area contributed by atoms with Crippen molar-refractivity contribution in [3.8, 4) is 0 Å². The van der Waals surface area contributed by atoms with E-state index in [4.69, 9.17) is 13.9 Å². The molecule has 0 radical (unpaired) electrons. The number of nitrogens with zero attached hydrogens (tertiary/aromatic N) is 2. The predicted molar refractivity (Wildman–Crippen MR) is 89.3 cm³/mol. The van der Waals surface area contributed by atoms with Gasteiger partial charge in [0.1, 0.15) is 5.76 Å². The molecule has 2 aliphatic rings. The largest absolute Gasteiger partial charge is 0.468 e. The van der Waals surface area contributed by atoms with Gasteiger partial charge in [-0.2, -0.15) is 0 Å². The van der Waals surface area contributed by atoms with E-state index < -0.39 is 0 Å². The molecule has 128 valence electrons. The molecule has 5 heteroatoms. The Labute approximate surface area is 142 Å². The number of likely N-dealkylation sites (tertiary alicyclic amines) is 1. The Morgan fingerprint density at radius 3 is 3.04 bits per heavy atom. The average molecular weight is 328 g/mol. The van der Waals surface area contributed by atoms with Gasteiger partial charge in [-0.25, -0.2) is 0 Å². The van der Waals surface area contributed by atoms with Crippen LogP contribution in [0.5, 0.6) is 0 Å². The lowest BCUT2D eigenvalue weighted by atomic mass is 9.99. The van der Waals surface area contributed by atoms with Crippen molar-refractivity contribution < 1.29 is 13.9 Å². The van der Waals surface area contributed by atoms with Crippen molar-refractivity contribution in [3.05, 3.63) is 54.2 Å². The molecule has 5 nitrogen and oxygen atoms in total. The maximum absolute atomic E-state index is 6.28. The molecule has 2 saturated heterocycles. The third-order valence-corrected chi connectivity index (χ3v) is 4.98. The third kappa shape index (κ3) is 3.69. The Bertz CT molecular complexity index is 617. The highest BCUT2D eigenvalue weighted by molar-refractivity contribution is 5.06. The fourth-order valence-corrected chi connectivity index (χ4v) is 3.80. The van der Waals surface area contributed by atoms with Crippen LogP contribution in [0, 0.1) is 0 Å². The van der Waals surface area contributed by atoms with Crippen LogP contribution >= 0.6 is 0 Å². The first kappa shape index (κ1) is 15.8. The topological polar surface area (TPSA) is 47.7 Å². The number of pyridine rings is 1. The standard InChI is InChI=1S/C19H24N2O3/c1-3-15(11-20-8-1)13-22-14-17-5-6-18-19(24-17)7-9-21(18)12-16-4-2-10-23-16/h1-4,8,10-11,17-19H,5-7,9,12-14H2/t17?,18-,19-/m0/s1. The summed E-state index contributed by atoms with van der Waals surface area (Å²) >= 11 is 0. The Morgan fingerprint density at radius 2 is 2.21 bits per heavy atom. The van der Waals surface area contributed by atoms with Crippen molar-refractivity contribution >= 4 is 0 Å². The number of hydrogen-bond donors (Lipinski definition) is 0. The van der Waals surface area contributed by atoms with E-state index >= 15 is 0 Å². The Kier molecular flexibility index (Phi) is 4.92. The van der Waals surface area contributed by atoms with E-state index in [0.29, 0.717) is 25.4 Å². The van der Waals surface area contributed by atoms with Crippen molar-refractivity contribution in [1.82, 2.24) is 9.88 Å². The van der Waals surface area contributed by atoms with Crippen LogP contribution in [-0.2, 0) is 22.6 Å². The summed E-state index contributed by atoms with van der Waals surface area (Å²) in [6.45, 7) is 3.24. The lowest BCUT2D eigenvalue weighted by molar-refractivity contribution is -0.102. The van der Waals surface area contributed by atoms with Gasteiger partial charge in [0.25, 0.3) is 0 Å². The van der Waals surface area contributed by atoms with E-state index in [1.807, 2.05) is 30.5 Å². The van der Waals surface area contributed by atoms with Gasteiger partial charge in [0.05, 0.1) is 38.2 Å². The molecular weight excluding hydrogens is 304 g/mol. The molecule has 24 heavy (non-hydrogen) atoms. The van der Waals surface area contributed by atoms with Crippen LogP contribution in [0.4, 0.5) is 0 Å². The zero-order chi connectivity index (χ0) is 16.2. The molecule has 0 N–H and O–H groups in total. The van der Waals surface area contributed by atoms with Crippen molar-refractivity contribution in [2.45, 2.75) is 50.7 Å². The van der Waals surface area contributed by atoms with Gasteiger partial charge >= 0.3 is 0 Å². The molecule has 0 spiro atoms. The second-order valence-electron chi connectivity index (χ2n) is 6.66. The normalized spacial score (nSPS) is 27.2. The maximum atomic E-state index is 6.28. The summed E-state index contributed by atoms with van der Waals surface area (Å²) in [5.74, 6) is 1.04. The Balaban J connectivity index is 1.23. The molecule has 1 unspecified atom stereocenters. The van der Waals surface area contributed by atoms with Gasteiger partial charge in [-0.1, -0.05) is 6.07 Å². The summed E-state index contributed by atoms with van der Waals surface area (Å²) in [4.78, 5) is 6.60. The van der Waals surface area contributed by atoms with Crippen molar-refractivity contribution in [2.75, 3.05) is 13.2 Å². The quantitative estimate of drug-likeness (QED) is 0.816. The first-order chi connectivity index (χ1) is 11.9. The second-order valence-corrected chi connectivity index (χ2v) is 6.66. The van der Waals surface area contributed by atoms with Crippen LogP contribution in [-0.4, -0.2) is 41.3 Å². The van der Waals surface area contributed by atoms with Crippen molar-refractivity contribution in [2.24, 2.45) is 0 Å². The second kappa shape index (κ2) is 7.47. The predicted octanol–water partition coefficient (Wildman–Crippen LogP) is 3.01. The number of ether oxygens (including phenoxy) is 2. The van der Waals surface area contributed by atoms with Gasteiger partial charge in [0.15, 0.2) is 0 Å². The zero-order valence-corrected chi connectivity index (χ0v) is 13.8. The van der Waals surface area contributed by atoms with Gasteiger partial charge in [-0.3, -0.25) is 9.88 Å². The summed E-state index contributed by atoms with van der Waals surface area (Å²) in [6.07, 6.45) is 9.26. The van der Waals surface area contributed by atoms with Crippen LogP contribution in [0.3, 0.4) is 0 Å². The number of fused-ring (bicyclic) bond motifs is 1. The Morgan fingerprint density at radius 1 is 1.21 bits per heavy atom. The summed E-state index contributed by atoms with van der Waals surface area (Å²) in [7, 11) is 0. The molecule has 3 atom stereocenters. The molecule has 0 saturated carbocycles.